The van der Waals surface area contributed by atoms with Crippen LogP contribution < -0.4 is 4.90 Å². The molecule has 0 aliphatic carbocycles. The van der Waals surface area contributed by atoms with Crippen molar-refractivity contribution >= 4 is 17.4 Å². The van der Waals surface area contributed by atoms with E-state index in [-0.39, 0.29) is 0 Å². The Balaban J connectivity index is 2.31. The second-order valence-electron chi connectivity index (χ2n) is 3.91. The van der Waals surface area contributed by atoms with Crippen molar-refractivity contribution in [2.24, 2.45) is 0 Å². The first-order chi connectivity index (χ1) is 7.33. The summed E-state index contributed by atoms with van der Waals surface area (Å²) in [4.78, 5) is 10.7. The van der Waals surface area contributed by atoms with Gasteiger partial charge in [-0.15, -0.1) is 0 Å². The summed E-state index contributed by atoms with van der Waals surface area (Å²) < 4.78 is 0. The highest BCUT2D eigenvalue weighted by Crippen LogP contribution is 2.27. The number of aromatic nitrogens is 2. The van der Waals surface area contributed by atoms with Gasteiger partial charge in [-0.2, -0.15) is 0 Å². The van der Waals surface area contributed by atoms with Crippen LogP contribution in [0.5, 0.6) is 0 Å². The van der Waals surface area contributed by atoms with E-state index in [9.17, 15) is 0 Å². The fraction of sp³-hybridized carbons (Fsp3) is 0.636. The maximum Gasteiger partial charge on any atom is 0.137 e. The highest BCUT2D eigenvalue weighted by Gasteiger charge is 2.18. The highest BCUT2D eigenvalue weighted by atomic mass is 35.5. The third-order valence-corrected chi connectivity index (χ3v) is 3.10. The molecule has 1 aliphatic rings. The topological polar surface area (TPSA) is 29.0 Å². The van der Waals surface area contributed by atoms with Crippen molar-refractivity contribution in [2.45, 2.75) is 32.6 Å². The third-order valence-electron chi connectivity index (χ3n) is 2.78. The summed E-state index contributed by atoms with van der Waals surface area (Å²) in [6.07, 6.45) is 6.12. The first-order valence-corrected chi connectivity index (χ1v) is 5.95. The molecule has 0 N–H and O–H groups in total. The number of rotatable bonds is 3. The molecule has 0 aromatic carbocycles. The molecule has 0 atom stereocenters. The van der Waals surface area contributed by atoms with Crippen LogP contribution in [0.25, 0.3) is 0 Å². The van der Waals surface area contributed by atoms with E-state index in [0.29, 0.717) is 5.15 Å². The van der Waals surface area contributed by atoms with Gasteiger partial charge in [-0.05, 0) is 19.3 Å². The summed E-state index contributed by atoms with van der Waals surface area (Å²) in [5, 5.41) is 0.619. The van der Waals surface area contributed by atoms with Crippen molar-refractivity contribution < 1.29 is 0 Å². The average molecular weight is 226 g/mol. The molecular weight excluding hydrogens is 210 g/mol. The quantitative estimate of drug-likeness (QED) is 0.741. The molecule has 82 valence electrons. The van der Waals surface area contributed by atoms with Crippen LogP contribution in [0.15, 0.2) is 6.33 Å². The van der Waals surface area contributed by atoms with Crippen LogP contribution in [-0.2, 0) is 6.42 Å². The van der Waals surface area contributed by atoms with Crippen molar-refractivity contribution in [3.63, 3.8) is 0 Å². The van der Waals surface area contributed by atoms with Crippen LogP contribution in [0.3, 0.4) is 0 Å². The zero-order valence-corrected chi connectivity index (χ0v) is 9.80. The molecule has 0 radical (unpaired) electrons. The van der Waals surface area contributed by atoms with Gasteiger partial charge in [0, 0.05) is 18.7 Å². The fourth-order valence-electron chi connectivity index (χ4n) is 2.05. The van der Waals surface area contributed by atoms with Crippen molar-refractivity contribution in [2.75, 3.05) is 18.0 Å². The average Bonchev–Trinajstić information content (AvgIpc) is 2.74. The highest BCUT2D eigenvalue weighted by molar-refractivity contribution is 6.30. The fourth-order valence-corrected chi connectivity index (χ4v) is 2.27. The molecule has 0 saturated carbocycles. The van der Waals surface area contributed by atoms with Gasteiger partial charge in [0.15, 0.2) is 0 Å². The molecule has 1 aliphatic heterocycles. The Morgan fingerprint density at radius 2 is 2.07 bits per heavy atom. The maximum absolute atomic E-state index is 6.11. The number of anilines is 1. The lowest BCUT2D eigenvalue weighted by Gasteiger charge is -2.19. The van der Waals surface area contributed by atoms with Gasteiger partial charge in [0.1, 0.15) is 17.3 Å². The lowest BCUT2D eigenvalue weighted by atomic mass is 10.2. The molecular formula is C11H16ClN3. The van der Waals surface area contributed by atoms with E-state index in [1.165, 1.54) is 12.8 Å². The second kappa shape index (κ2) is 4.79. The first-order valence-electron chi connectivity index (χ1n) is 5.57. The molecule has 1 fully saturated rings. The first kappa shape index (κ1) is 10.7. The molecule has 3 nitrogen and oxygen atoms in total. The molecule has 1 aromatic rings. The Morgan fingerprint density at radius 1 is 1.33 bits per heavy atom. The molecule has 4 heteroatoms. The minimum atomic E-state index is 0.619. The van der Waals surface area contributed by atoms with Gasteiger partial charge in [-0.25, -0.2) is 9.97 Å². The van der Waals surface area contributed by atoms with E-state index in [0.717, 1.165) is 37.3 Å². The van der Waals surface area contributed by atoms with Gasteiger partial charge >= 0.3 is 0 Å². The van der Waals surface area contributed by atoms with Crippen molar-refractivity contribution in [1.82, 2.24) is 9.97 Å². The Bertz CT molecular complexity index is 335. The summed E-state index contributed by atoms with van der Waals surface area (Å²) in [5.41, 5.74) is 1.11. The molecule has 0 amide bonds. The standard InChI is InChI=1S/C11H16ClN3/c1-2-5-9-10(12)13-8-14-11(9)15-6-3-4-7-15/h8H,2-7H2,1H3. The molecule has 2 rings (SSSR count). The van der Waals surface area contributed by atoms with E-state index >= 15 is 0 Å². The Labute approximate surface area is 95.5 Å². The van der Waals surface area contributed by atoms with Gasteiger partial charge in [0.25, 0.3) is 0 Å². The van der Waals surface area contributed by atoms with Crippen molar-refractivity contribution in [3.05, 3.63) is 17.0 Å². The predicted octanol–water partition coefficient (Wildman–Crippen LogP) is 2.68. The SMILES string of the molecule is CCCc1c(Cl)ncnc1N1CCCC1. The summed E-state index contributed by atoms with van der Waals surface area (Å²) in [6.45, 7) is 4.35. The lowest BCUT2D eigenvalue weighted by Crippen LogP contribution is -2.21. The smallest absolute Gasteiger partial charge is 0.137 e. The zero-order chi connectivity index (χ0) is 10.7. The summed E-state index contributed by atoms with van der Waals surface area (Å²) in [5.74, 6) is 1.05. The largest absolute Gasteiger partial charge is 0.356 e. The molecule has 1 saturated heterocycles. The number of hydrogen-bond donors (Lipinski definition) is 0. The van der Waals surface area contributed by atoms with Gasteiger partial charge in [-0.1, -0.05) is 24.9 Å². The van der Waals surface area contributed by atoms with Gasteiger partial charge in [0.05, 0.1) is 0 Å². The van der Waals surface area contributed by atoms with E-state index in [1.807, 2.05) is 0 Å². The Kier molecular flexibility index (Phi) is 3.41. The molecule has 0 spiro atoms. The van der Waals surface area contributed by atoms with Crippen LogP contribution in [0.1, 0.15) is 31.7 Å². The number of halogens is 1. The van der Waals surface area contributed by atoms with E-state index < -0.39 is 0 Å². The van der Waals surface area contributed by atoms with Gasteiger partial charge < -0.3 is 4.90 Å². The summed E-state index contributed by atoms with van der Waals surface area (Å²) in [7, 11) is 0. The molecule has 2 heterocycles. The monoisotopic (exact) mass is 225 g/mol. The van der Waals surface area contributed by atoms with Gasteiger partial charge in [0.2, 0.25) is 0 Å². The van der Waals surface area contributed by atoms with Crippen LogP contribution in [-0.4, -0.2) is 23.1 Å². The van der Waals surface area contributed by atoms with Crippen molar-refractivity contribution in [1.29, 1.82) is 0 Å². The molecule has 15 heavy (non-hydrogen) atoms. The second-order valence-corrected chi connectivity index (χ2v) is 4.27. The minimum Gasteiger partial charge on any atom is -0.356 e. The third kappa shape index (κ3) is 2.23. The van der Waals surface area contributed by atoms with E-state index in [4.69, 9.17) is 11.6 Å². The predicted molar refractivity (Wildman–Crippen MR) is 62.5 cm³/mol. The molecule has 0 bridgehead atoms. The Morgan fingerprint density at radius 3 is 2.73 bits per heavy atom. The van der Waals surface area contributed by atoms with Crippen molar-refractivity contribution in [3.8, 4) is 0 Å². The van der Waals surface area contributed by atoms with Gasteiger partial charge in [-0.3, -0.25) is 0 Å². The molecule has 1 aromatic heterocycles. The molecule has 0 unspecified atom stereocenters. The lowest BCUT2D eigenvalue weighted by molar-refractivity contribution is 0.857. The van der Waals surface area contributed by atoms with Crippen LogP contribution in [0.4, 0.5) is 5.82 Å². The number of nitrogens with zero attached hydrogens (tertiary/aromatic N) is 3. The summed E-state index contributed by atoms with van der Waals surface area (Å²) >= 11 is 6.11. The van der Waals surface area contributed by atoms with Crippen LogP contribution in [0.2, 0.25) is 5.15 Å². The van der Waals surface area contributed by atoms with E-state index in [1.54, 1.807) is 6.33 Å². The number of hydrogen-bond acceptors (Lipinski definition) is 3. The maximum atomic E-state index is 6.11. The minimum absolute atomic E-state index is 0.619. The Hall–Kier alpha value is -0.830. The summed E-state index contributed by atoms with van der Waals surface area (Å²) in [6, 6.07) is 0. The normalized spacial score (nSPS) is 16.0. The van der Waals surface area contributed by atoms with Crippen LogP contribution in [0, 0.1) is 0 Å². The van der Waals surface area contributed by atoms with E-state index in [2.05, 4.69) is 21.8 Å². The zero-order valence-electron chi connectivity index (χ0n) is 9.04. The van der Waals surface area contributed by atoms with Crippen LogP contribution >= 0.6 is 11.6 Å².